The van der Waals surface area contributed by atoms with Gasteiger partial charge in [-0.1, -0.05) is 24.8 Å². The van der Waals surface area contributed by atoms with Crippen LogP contribution < -0.4 is 0 Å². The largest absolute Gasteiger partial charge is 0.418 e. The van der Waals surface area contributed by atoms with Crippen molar-refractivity contribution in [3.05, 3.63) is 55.1 Å². The zero-order chi connectivity index (χ0) is 11.5. The molecule has 0 aliphatic carbocycles. The molecule has 0 N–H and O–H groups in total. The Balaban J connectivity index is 2.33. The van der Waals surface area contributed by atoms with Gasteiger partial charge in [-0.3, -0.25) is 0 Å². The molecular formula is C13H12N2O. The topological polar surface area (TPSA) is 38.9 Å². The summed E-state index contributed by atoms with van der Waals surface area (Å²) in [6, 6.07) is 3.67. The Morgan fingerprint density at radius 2 is 2.19 bits per heavy atom. The summed E-state index contributed by atoms with van der Waals surface area (Å²) in [6.07, 6.45) is 5.36. The zero-order valence-corrected chi connectivity index (χ0v) is 9.10. The number of allylic oxidation sites excluding steroid dienone is 4. The van der Waals surface area contributed by atoms with Crippen LogP contribution in [0.3, 0.4) is 0 Å². The highest BCUT2D eigenvalue weighted by Crippen LogP contribution is 2.18. The predicted molar refractivity (Wildman–Crippen MR) is 64.8 cm³/mol. The summed E-state index contributed by atoms with van der Waals surface area (Å²) in [5.41, 5.74) is 2.93. The van der Waals surface area contributed by atoms with Crippen LogP contribution in [-0.2, 0) is 0 Å². The summed E-state index contributed by atoms with van der Waals surface area (Å²) in [6.45, 7) is 9.57. The van der Waals surface area contributed by atoms with Gasteiger partial charge in [0, 0.05) is 11.8 Å². The minimum atomic E-state index is 0.492. The van der Waals surface area contributed by atoms with Crippen LogP contribution in [0.2, 0.25) is 0 Å². The highest BCUT2D eigenvalue weighted by Gasteiger charge is 2.06. The summed E-state index contributed by atoms with van der Waals surface area (Å²) >= 11 is 0. The molecule has 2 aromatic rings. The molecule has 3 heteroatoms. The molecule has 3 nitrogen and oxygen atoms in total. The summed E-state index contributed by atoms with van der Waals surface area (Å²) in [7, 11) is 0. The van der Waals surface area contributed by atoms with E-state index in [1.54, 1.807) is 6.20 Å². The van der Waals surface area contributed by atoms with E-state index in [2.05, 4.69) is 23.1 Å². The molecular weight excluding hydrogens is 200 g/mol. The minimum Gasteiger partial charge on any atom is -0.418 e. The molecule has 0 fully saturated rings. The van der Waals surface area contributed by atoms with E-state index in [1.807, 2.05) is 31.2 Å². The van der Waals surface area contributed by atoms with E-state index in [1.165, 1.54) is 0 Å². The summed E-state index contributed by atoms with van der Waals surface area (Å²) in [5.74, 6) is 0.492. The SMILES string of the molecule is C=C(C)/C=C\C(=C)c1nc2cccnc2o1. The molecule has 0 amide bonds. The van der Waals surface area contributed by atoms with Crippen molar-refractivity contribution < 1.29 is 4.42 Å². The molecule has 0 bridgehead atoms. The van der Waals surface area contributed by atoms with E-state index in [4.69, 9.17) is 4.42 Å². The van der Waals surface area contributed by atoms with Crippen molar-refractivity contribution in [1.29, 1.82) is 0 Å². The second-order valence-corrected chi connectivity index (χ2v) is 3.55. The van der Waals surface area contributed by atoms with Gasteiger partial charge in [0.2, 0.25) is 11.6 Å². The third-order valence-electron chi connectivity index (χ3n) is 2.01. The number of hydrogen-bond donors (Lipinski definition) is 0. The number of aromatic nitrogens is 2. The van der Waals surface area contributed by atoms with E-state index in [9.17, 15) is 0 Å². The molecule has 0 aromatic carbocycles. The number of pyridine rings is 1. The van der Waals surface area contributed by atoms with Crippen LogP contribution >= 0.6 is 0 Å². The van der Waals surface area contributed by atoms with Crippen LogP contribution in [0.15, 0.2) is 53.6 Å². The third kappa shape index (κ3) is 2.08. The van der Waals surface area contributed by atoms with Crippen molar-refractivity contribution in [2.45, 2.75) is 6.92 Å². The maximum atomic E-state index is 5.46. The fourth-order valence-corrected chi connectivity index (χ4v) is 1.22. The number of rotatable bonds is 3. The van der Waals surface area contributed by atoms with Crippen molar-refractivity contribution in [2.75, 3.05) is 0 Å². The Kier molecular flexibility index (Phi) is 2.68. The number of hydrogen-bond acceptors (Lipinski definition) is 3. The second-order valence-electron chi connectivity index (χ2n) is 3.55. The van der Waals surface area contributed by atoms with Crippen molar-refractivity contribution in [2.24, 2.45) is 0 Å². The van der Waals surface area contributed by atoms with Crippen LogP contribution in [-0.4, -0.2) is 9.97 Å². The highest BCUT2D eigenvalue weighted by molar-refractivity contribution is 5.74. The van der Waals surface area contributed by atoms with Gasteiger partial charge in [0.05, 0.1) is 0 Å². The van der Waals surface area contributed by atoms with Crippen LogP contribution in [0.4, 0.5) is 0 Å². The zero-order valence-electron chi connectivity index (χ0n) is 9.10. The second kappa shape index (κ2) is 4.14. The smallest absolute Gasteiger partial charge is 0.247 e. The fraction of sp³-hybridized carbons (Fsp3) is 0.0769. The quantitative estimate of drug-likeness (QED) is 0.732. The summed E-state index contributed by atoms with van der Waals surface area (Å²) in [4.78, 5) is 8.35. The molecule has 0 unspecified atom stereocenters. The van der Waals surface area contributed by atoms with Gasteiger partial charge in [0.25, 0.3) is 0 Å². The Morgan fingerprint density at radius 1 is 1.38 bits per heavy atom. The molecule has 0 radical (unpaired) electrons. The Labute approximate surface area is 93.8 Å². The molecule has 16 heavy (non-hydrogen) atoms. The molecule has 2 rings (SSSR count). The molecule has 2 heterocycles. The Morgan fingerprint density at radius 3 is 2.88 bits per heavy atom. The summed E-state index contributed by atoms with van der Waals surface area (Å²) < 4.78 is 5.46. The lowest BCUT2D eigenvalue weighted by atomic mass is 10.2. The number of nitrogens with zero attached hydrogens (tertiary/aromatic N) is 2. The lowest BCUT2D eigenvalue weighted by Gasteiger charge is -1.91. The van der Waals surface area contributed by atoms with Crippen molar-refractivity contribution in [1.82, 2.24) is 9.97 Å². The lowest BCUT2D eigenvalue weighted by molar-refractivity contribution is 0.575. The first-order valence-corrected chi connectivity index (χ1v) is 4.91. The molecule has 0 atom stereocenters. The van der Waals surface area contributed by atoms with Crippen LogP contribution in [0.5, 0.6) is 0 Å². The van der Waals surface area contributed by atoms with Gasteiger partial charge < -0.3 is 4.42 Å². The van der Waals surface area contributed by atoms with E-state index in [0.29, 0.717) is 17.2 Å². The molecule has 80 valence electrons. The van der Waals surface area contributed by atoms with Gasteiger partial charge in [0.15, 0.2) is 0 Å². The first kappa shape index (κ1) is 10.4. The predicted octanol–water partition coefficient (Wildman–Crippen LogP) is 3.37. The van der Waals surface area contributed by atoms with Crippen LogP contribution in [0, 0.1) is 0 Å². The minimum absolute atomic E-state index is 0.492. The first-order chi connectivity index (χ1) is 7.66. The molecule has 0 aliphatic heterocycles. The number of oxazole rings is 1. The first-order valence-electron chi connectivity index (χ1n) is 4.91. The summed E-state index contributed by atoms with van der Waals surface area (Å²) in [5, 5.41) is 0. The average Bonchev–Trinajstić information content (AvgIpc) is 2.69. The fourth-order valence-electron chi connectivity index (χ4n) is 1.22. The molecule has 0 spiro atoms. The van der Waals surface area contributed by atoms with Gasteiger partial charge in [0.1, 0.15) is 5.52 Å². The van der Waals surface area contributed by atoms with Crippen molar-refractivity contribution in [3.8, 4) is 0 Å². The third-order valence-corrected chi connectivity index (χ3v) is 2.01. The van der Waals surface area contributed by atoms with Gasteiger partial charge in [-0.2, -0.15) is 0 Å². The van der Waals surface area contributed by atoms with Crippen LogP contribution in [0.25, 0.3) is 16.8 Å². The van der Waals surface area contributed by atoms with Gasteiger partial charge in [-0.05, 0) is 25.1 Å². The van der Waals surface area contributed by atoms with Gasteiger partial charge >= 0.3 is 0 Å². The standard InChI is InChI=1S/C13H12N2O/c1-9(2)6-7-10(3)12-15-11-5-4-8-14-13(11)16-12/h4-8H,1,3H2,2H3/b7-6-. The van der Waals surface area contributed by atoms with E-state index < -0.39 is 0 Å². The highest BCUT2D eigenvalue weighted by atomic mass is 16.4. The number of fused-ring (bicyclic) bond motifs is 1. The average molecular weight is 212 g/mol. The molecule has 2 aromatic heterocycles. The maximum Gasteiger partial charge on any atom is 0.247 e. The van der Waals surface area contributed by atoms with Gasteiger partial charge in [-0.15, -0.1) is 0 Å². The van der Waals surface area contributed by atoms with E-state index in [0.717, 1.165) is 11.1 Å². The molecule has 0 saturated heterocycles. The molecule has 0 saturated carbocycles. The Bertz CT molecular complexity index is 545. The monoisotopic (exact) mass is 212 g/mol. The normalized spacial score (nSPS) is 11.1. The molecule has 0 aliphatic rings. The van der Waals surface area contributed by atoms with E-state index in [-0.39, 0.29) is 0 Å². The van der Waals surface area contributed by atoms with Crippen LogP contribution in [0.1, 0.15) is 12.8 Å². The lowest BCUT2D eigenvalue weighted by Crippen LogP contribution is -1.77. The van der Waals surface area contributed by atoms with Crippen molar-refractivity contribution in [3.63, 3.8) is 0 Å². The van der Waals surface area contributed by atoms with E-state index >= 15 is 0 Å². The van der Waals surface area contributed by atoms with Crippen molar-refractivity contribution >= 4 is 16.8 Å². The Hall–Kier alpha value is -2.16. The van der Waals surface area contributed by atoms with Gasteiger partial charge in [-0.25, -0.2) is 9.97 Å². The maximum absolute atomic E-state index is 5.46.